The molecule has 1 aromatic carbocycles. The van der Waals surface area contributed by atoms with Gasteiger partial charge in [0.05, 0.1) is 11.2 Å². The Kier molecular flexibility index (Phi) is 3.15. The largest absolute Gasteiger partial charge is 0.396 e. The molecular formula is C12H14N2O. The fourth-order valence-corrected chi connectivity index (χ4v) is 1.55. The zero-order valence-electron chi connectivity index (χ0n) is 8.48. The molecule has 2 aromatic rings. The van der Waals surface area contributed by atoms with Crippen molar-refractivity contribution in [2.45, 2.75) is 6.42 Å². The highest BCUT2D eigenvalue weighted by Gasteiger charge is 1.99. The van der Waals surface area contributed by atoms with Gasteiger partial charge >= 0.3 is 0 Å². The number of anilines is 1. The van der Waals surface area contributed by atoms with Crippen molar-refractivity contribution in [3.05, 3.63) is 36.5 Å². The number of benzene rings is 1. The lowest BCUT2D eigenvalue weighted by molar-refractivity contribution is 0.292. The molecule has 0 radical (unpaired) electrons. The molecule has 78 valence electrons. The lowest BCUT2D eigenvalue weighted by atomic mass is 10.2. The summed E-state index contributed by atoms with van der Waals surface area (Å²) in [5, 5.41) is 13.1. The minimum Gasteiger partial charge on any atom is -0.396 e. The summed E-state index contributed by atoms with van der Waals surface area (Å²) in [7, 11) is 0. The van der Waals surface area contributed by atoms with E-state index < -0.39 is 0 Å². The summed E-state index contributed by atoms with van der Waals surface area (Å²) >= 11 is 0. The van der Waals surface area contributed by atoms with E-state index in [4.69, 9.17) is 5.11 Å². The van der Waals surface area contributed by atoms with Gasteiger partial charge in [0.2, 0.25) is 0 Å². The lowest BCUT2D eigenvalue weighted by Crippen LogP contribution is -2.04. The Bertz CT molecular complexity index is 437. The van der Waals surface area contributed by atoms with Gasteiger partial charge in [-0.25, -0.2) is 0 Å². The van der Waals surface area contributed by atoms with E-state index in [9.17, 15) is 0 Å². The molecule has 0 fully saturated rings. The molecule has 2 N–H and O–H groups in total. The van der Waals surface area contributed by atoms with Crippen LogP contribution in [0.15, 0.2) is 36.5 Å². The normalized spacial score (nSPS) is 10.5. The van der Waals surface area contributed by atoms with Gasteiger partial charge in [0.1, 0.15) is 0 Å². The number of rotatable bonds is 4. The van der Waals surface area contributed by atoms with Crippen LogP contribution in [0.2, 0.25) is 0 Å². The van der Waals surface area contributed by atoms with Crippen LogP contribution in [0.1, 0.15) is 6.42 Å². The second-order valence-electron chi connectivity index (χ2n) is 3.38. The Morgan fingerprint density at radius 3 is 2.93 bits per heavy atom. The van der Waals surface area contributed by atoms with Crippen LogP contribution in [0.4, 0.5) is 5.69 Å². The van der Waals surface area contributed by atoms with Crippen molar-refractivity contribution in [3.63, 3.8) is 0 Å². The summed E-state index contributed by atoms with van der Waals surface area (Å²) in [6.45, 7) is 0.984. The molecule has 1 aromatic heterocycles. The van der Waals surface area contributed by atoms with Crippen molar-refractivity contribution in [1.29, 1.82) is 0 Å². The van der Waals surface area contributed by atoms with E-state index >= 15 is 0 Å². The summed E-state index contributed by atoms with van der Waals surface area (Å²) in [4.78, 5) is 4.33. The summed E-state index contributed by atoms with van der Waals surface area (Å²) in [6, 6.07) is 10.0. The van der Waals surface area contributed by atoms with Crippen molar-refractivity contribution < 1.29 is 5.11 Å². The molecule has 0 aliphatic heterocycles. The fraction of sp³-hybridized carbons (Fsp3) is 0.250. The van der Waals surface area contributed by atoms with Gasteiger partial charge in [0.25, 0.3) is 0 Å². The second kappa shape index (κ2) is 4.75. The van der Waals surface area contributed by atoms with Crippen molar-refractivity contribution in [2.24, 2.45) is 0 Å². The topological polar surface area (TPSA) is 45.1 Å². The van der Waals surface area contributed by atoms with Crippen LogP contribution < -0.4 is 5.32 Å². The Morgan fingerprint density at radius 1 is 1.20 bits per heavy atom. The molecule has 3 heteroatoms. The van der Waals surface area contributed by atoms with Crippen LogP contribution >= 0.6 is 0 Å². The van der Waals surface area contributed by atoms with Crippen LogP contribution in [0.3, 0.4) is 0 Å². The van der Waals surface area contributed by atoms with Gasteiger partial charge in [-0.2, -0.15) is 0 Å². The van der Waals surface area contributed by atoms with Crippen molar-refractivity contribution in [1.82, 2.24) is 4.98 Å². The molecule has 2 rings (SSSR count). The number of fused-ring (bicyclic) bond motifs is 1. The van der Waals surface area contributed by atoms with Crippen LogP contribution in [0.25, 0.3) is 10.9 Å². The Labute approximate surface area is 88.8 Å². The Hall–Kier alpha value is -1.61. The SMILES string of the molecule is OCCCNc1cccc2cccnc12. The number of aromatic nitrogens is 1. The number of pyridine rings is 1. The lowest BCUT2D eigenvalue weighted by Gasteiger charge is -2.07. The number of nitrogens with zero attached hydrogens (tertiary/aromatic N) is 1. The smallest absolute Gasteiger partial charge is 0.0933 e. The highest BCUT2D eigenvalue weighted by atomic mass is 16.3. The van der Waals surface area contributed by atoms with Gasteiger partial charge in [-0.1, -0.05) is 18.2 Å². The molecular weight excluding hydrogens is 188 g/mol. The van der Waals surface area contributed by atoms with Crippen LogP contribution in [-0.2, 0) is 0 Å². The van der Waals surface area contributed by atoms with E-state index in [0.717, 1.165) is 29.6 Å². The summed E-state index contributed by atoms with van der Waals surface area (Å²) < 4.78 is 0. The minimum absolute atomic E-state index is 0.213. The van der Waals surface area contributed by atoms with Crippen molar-refractivity contribution >= 4 is 16.6 Å². The number of hydrogen-bond donors (Lipinski definition) is 2. The summed E-state index contributed by atoms with van der Waals surface area (Å²) in [5.74, 6) is 0. The number of aliphatic hydroxyl groups is 1. The Balaban J connectivity index is 2.26. The molecule has 0 bridgehead atoms. The highest BCUT2D eigenvalue weighted by molar-refractivity contribution is 5.90. The molecule has 1 heterocycles. The van der Waals surface area contributed by atoms with Gasteiger partial charge in [-0.05, 0) is 18.6 Å². The third-order valence-electron chi connectivity index (χ3n) is 2.28. The van der Waals surface area contributed by atoms with Gasteiger partial charge < -0.3 is 10.4 Å². The standard InChI is InChI=1S/C12H14N2O/c15-9-3-8-13-11-6-1-4-10-5-2-7-14-12(10)11/h1-2,4-7,13,15H,3,8-9H2. The molecule has 0 atom stereocenters. The Morgan fingerprint density at radius 2 is 2.07 bits per heavy atom. The maximum atomic E-state index is 8.70. The molecule has 0 saturated heterocycles. The molecule has 0 saturated carbocycles. The first kappa shape index (κ1) is 9.93. The van der Waals surface area contributed by atoms with Crippen molar-refractivity contribution in [3.8, 4) is 0 Å². The van der Waals surface area contributed by atoms with E-state index in [2.05, 4.69) is 10.3 Å². The third-order valence-corrected chi connectivity index (χ3v) is 2.28. The number of nitrogens with one attached hydrogen (secondary N) is 1. The number of aliphatic hydroxyl groups excluding tert-OH is 1. The minimum atomic E-state index is 0.213. The summed E-state index contributed by atoms with van der Waals surface area (Å²) in [6.07, 6.45) is 2.54. The average Bonchev–Trinajstić information content (AvgIpc) is 2.30. The predicted octanol–water partition coefficient (Wildman–Crippen LogP) is 2.03. The van der Waals surface area contributed by atoms with Gasteiger partial charge in [-0.15, -0.1) is 0 Å². The predicted molar refractivity (Wildman–Crippen MR) is 61.9 cm³/mol. The number of hydrogen-bond acceptors (Lipinski definition) is 3. The van der Waals surface area contributed by atoms with Crippen molar-refractivity contribution in [2.75, 3.05) is 18.5 Å². The van der Waals surface area contributed by atoms with E-state index in [1.807, 2.05) is 30.3 Å². The highest BCUT2D eigenvalue weighted by Crippen LogP contribution is 2.20. The van der Waals surface area contributed by atoms with Gasteiger partial charge in [0.15, 0.2) is 0 Å². The molecule has 0 aliphatic rings. The molecule has 0 aliphatic carbocycles. The zero-order valence-corrected chi connectivity index (χ0v) is 8.48. The molecule has 3 nitrogen and oxygen atoms in total. The van der Waals surface area contributed by atoms with E-state index in [1.165, 1.54) is 0 Å². The van der Waals surface area contributed by atoms with Gasteiger partial charge in [-0.3, -0.25) is 4.98 Å². The van der Waals surface area contributed by atoms with Gasteiger partial charge in [0, 0.05) is 24.7 Å². The van der Waals surface area contributed by atoms with Crippen LogP contribution in [0, 0.1) is 0 Å². The fourth-order valence-electron chi connectivity index (χ4n) is 1.55. The molecule has 15 heavy (non-hydrogen) atoms. The number of para-hydroxylation sites is 1. The molecule has 0 unspecified atom stereocenters. The van der Waals surface area contributed by atoms with E-state index in [1.54, 1.807) is 6.20 Å². The average molecular weight is 202 g/mol. The first-order valence-electron chi connectivity index (χ1n) is 5.10. The maximum Gasteiger partial charge on any atom is 0.0933 e. The molecule has 0 spiro atoms. The zero-order chi connectivity index (χ0) is 10.5. The third kappa shape index (κ3) is 2.25. The monoisotopic (exact) mass is 202 g/mol. The first-order valence-corrected chi connectivity index (χ1v) is 5.10. The first-order chi connectivity index (χ1) is 7.42. The van der Waals surface area contributed by atoms with E-state index in [-0.39, 0.29) is 6.61 Å². The summed E-state index contributed by atoms with van der Waals surface area (Å²) in [5.41, 5.74) is 2.01. The van der Waals surface area contributed by atoms with E-state index in [0.29, 0.717) is 0 Å². The quantitative estimate of drug-likeness (QED) is 0.746. The molecule has 0 amide bonds. The second-order valence-corrected chi connectivity index (χ2v) is 3.38. The van der Waals surface area contributed by atoms with Crippen LogP contribution in [-0.4, -0.2) is 23.2 Å². The van der Waals surface area contributed by atoms with Crippen LogP contribution in [0.5, 0.6) is 0 Å². The maximum absolute atomic E-state index is 8.70.